The number of primary amides is 1. The second-order valence-electron chi connectivity index (χ2n) is 2.97. The second kappa shape index (κ2) is 3.68. The predicted octanol–water partition coefficient (Wildman–Crippen LogP) is -0.415. The maximum atomic E-state index is 11.9. The van der Waals surface area contributed by atoms with Crippen LogP contribution in [0, 0.1) is 5.92 Å². The third-order valence-electron chi connectivity index (χ3n) is 2.09. The quantitative estimate of drug-likeness (QED) is 0.646. The summed E-state index contributed by atoms with van der Waals surface area (Å²) in [6.45, 7) is 0.218. The number of alkyl halides is 2. The number of nitrogens with two attached hydrogens (primary N) is 1. The van der Waals surface area contributed by atoms with Crippen LogP contribution < -0.4 is 5.73 Å². The summed E-state index contributed by atoms with van der Waals surface area (Å²) in [5.74, 6) is -2.23. The molecule has 1 fully saturated rings. The molecule has 4 nitrogen and oxygen atoms in total. The summed E-state index contributed by atoms with van der Waals surface area (Å²) < 4.78 is 23.8. The minimum absolute atomic E-state index is 0.0263. The number of amides is 2. The van der Waals surface area contributed by atoms with E-state index in [9.17, 15) is 18.4 Å². The Hall–Kier alpha value is -1.20. The van der Waals surface area contributed by atoms with Crippen LogP contribution in [0.1, 0.15) is 6.42 Å². The smallest absolute Gasteiger partial charge is 0.315 e. The SMILES string of the molecule is NC(=O)C1CCN(C(=O)C(F)F)C1. The molecule has 6 heteroatoms. The van der Waals surface area contributed by atoms with Crippen LogP contribution in [-0.4, -0.2) is 36.2 Å². The number of likely N-dealkylation sites (tertiary alicyclic amines) is 1. The van der Waals surface area contributed by atoms with Crippen molar-refractivity contribution in [2.75, 3.05) is 13.1 Å². The van der Waals surface area contributed by atoms with Crippen LogP contribution in [-0.2, 0) is 9.59 Å². The van der Waals surface area contributed by atoms with Gasteiger partial charge in [0.2, 0.25) is 5.91 Å². The first-order valence-electron chi connectivity index (χ1n) is 3.88. The molecule has 0 aromatic rings. The Morgan fingerprint density at radius 1 is 1.46 bits per heavy atom. The summed E-state index contributed by atoms with van der Waals surface area (Å²) in [5, 5.41) is 0. The molecule has 13 heavy (non-hydrogen) atoms. The summed E-state index contributed by atoms with van der Waals surface area (Å²) in [6.07, 6.45) is -2.61. The summed E-state index contributed by atoms with van der Waals surface area (Å²) >= 11 is 0. The van der Waals surface area contributed by atoms with Gasteiger partial charge in [-0.3, -0.25) is 9.59 Å². The Kier molecular flexibility index (Phi) is 2.79. The van der Waals surface area contributed by atoms with E-state index in [1.807, 2.05) is 0 Å². The van der Waals surface area contributed by atoms with Crippen LogP contribution in [0.3, 0.4) is 0 Å². The van der Waals surface area contributed by atoms with E-state index in [2.05, 4.69) is 0 Å². The van der Waals surface area contributed by atoms with Gasteiger partial charge in [0.1, 0.15) is 0 Å². The highest BCUT2D eigenvalue weighted by atomic mass is 19.3. The third kappa shape index (κ3) is 2.13. The van der Waals surface area contributed by atoms with Gasteiger partial charge in [-0.15, -0.1) is 0 Å². The highest BCUT2D eigenvalue weighted by Gasteiger charge is 2.32. The van der Waals surface area contributed by atoms with Crippen molar-refractivity contribution >= 4 is 11.8 Å². The second-order valence-corrected chi connectivity index (χ2v) is 2.97. The van der Waals surface area contributed by atoms with Gasteiger partial charge >= 0.3 is 6.43 Å². The predicted molar refractivity (Wildman–Crippen MR) is 39.9 cm³/mol. The first-order chi connectivity index (χ1) is 6.02. The zero-order valence-electron chi connectivity index (χ0n) is 6.87. The average molecular weight is 192 g/mol. The van der Waals surface area contributed by atoms with Crippen molar-refractivity contribution in [1.82, 2.24) is 4.90 Å². The van der Waals surface area contributed by atoms with E-state index in [0.29, 0.717) is 6.42 Å². The topological polar surface area (TPSA) is 63.4 Å². The maximum Gasteiger partial charge on any atom is 0.315 e. The van der Waals surface area contributed by atoms with Gasteiger partial charge in [-0.05, 0) is 6.42 Å². The molecule has 2 N–H and O–H groups in total. The number of hydrogen-bond donors (Lipinski definition) is 1. The lowest BCUT2D eigenvalue weighted by Gasteiger charge is -2.14. The third-order valence-corrected chi connectivity index (χ3v) is 2.09. The van der Waals surface area contributed by atoms with Crippen LogP contribution in [0.4, 0.5) is 8.78 Å². The largest absolute Gasteiger partial charge is 0.369 e. The lowest BCUT2D eigenvalue weighted by Crippen LogP contribution is -2.35. The van der Waals surface area contributed by atoms with Gasteiger partial charge in [0.25, 0.3) is 5.91 Å². The van der Waals surface area contributed by atoms with Crippen LogP contribution >= 0.6 is 0 Å². The molecule has 2 amide bonds. The van der Waals surface area contributed by atoms with Crippen molar-refractivity contribution in [3.63, 3.8) is 0 Å². The van der Waals surface area contributed by atoms with Crippen molar-refractivity contribution in [3.8, 4) is 0 Å². The number of halogens is 2. The monoisotopic (exact) mass is 192 g/mol. The molecule has 0 spiro atoms. The standard InChI is InChI=1S/C7H10F2N2O2/c8-5(9)7(13)11-2-1-4(3-11)6(10)12/h4-5H,1-3H2,(H2,10,12). The van der Waals surface area contributed by atoms with Crippen molar-refractivity contribution in [3.05, 3.63) is 0 Å². The molecule has 0 saturated carbocycles. The van der Waals surface area contributed by atoms with Gasteiger partial charge in [-0.25, -0.2) is 0 Å². The lowest BCUT2D eigenvalue weighted by molar-refractivity contribution is -0.141. The molecule has 0 aromatic heterocycles. The molecule has 1 atom stereocenters. The van der Waals surface area contributed by atoms with E-state index < -0.39 is 24.2 Å². The fraction of sp³-hybridized carbons (Fsp3) is 0.714. The summed E-state index contributed by atoms with van der Waals surface area (Å²) in [4.78, 5) is 22.3. The van der Waals surface area contributed by atoms with Crippen molar-refractivity contribution in [1.29, 1.82) is 0 Å². The maximum absolute atomic E-state index is 11.9. The summed E-state index contributed by atoms with van der Waals surface area (Å²) in [6, 6.07) is 0. The van der Waals surface area contributed by atoms with Crippen LogP contribution in [0.5, 0.6) is 0 Å². The molecule has 0 bridgehead atoms. The fourth-order valence-corrected chi connectivity index (χ4v) is 1.33. The van der Waals surface area contributed by atoms with Gasteiger partial charge < -0.3 is 10.6 Å². The molecule has 1 heterocycles. The minimum atomic E-state index is -2.99. The first kappa shape index (κ1) is 9.88. The molecule has 1 aliphatic heterocycles. The fourth-order valence-electron chi connectivity index (χ4n) is 1.33. The van der Waals surface area contributed by atoms with Crippen LogP contribution in [0.15, 0.2) is 0 Å². The molecule has 0 aliphatic carbocycles. The molecule has 1 aliphatic rings. The van der Waals surface area contributed by atoms with Gasteiger partial charge in [-0.2, -0.15) is 8.78 Å². The molecule has 1 unspecified atom stereocenters. The van der Waals surface area contributed by atoms with Gasteiger partial charge in [-0.1, -0.05) is 0 Å². The number of nitrogens with zero attached hydrogens (tertiary/aromatic N) is 1. The minimum Gasteiger partial charge on any atom is -0.369 e. The van der Waals surface area contributed by atoms with Crippen molar-refractivity contribution in [2.24, 2.45) is 11.7 Å². The zero-order chi connectivity index (χ0) is 10.0. The Labute approximate surface area is 73.7 Å². The molecular weight excluding hydrogens is 182 g/mol. The zero-order valence-corrected chi connectivity index (χ0v) is 6.87. The van der Waals surface area contributed by atoms with Gasteiger partial charge in [0.15, 0.2) is 0 Å². The first-order valence-corrected chi connectivity index (χ1v) is 3.88. The number of rotatable bonds is 2. The highest BCUT2D eigenvalue weighted by molar-refractivity contribution is 5.82. The van der Waals surface area contributed by atoms with Crippen molar-refractivity contribution in [2.45, 2.75) is 12.8 Å². The summed E-state index contributed by atoms with van der Waals surface area (Å²) in [7, 11) is 0. The Bertz CT molecular complexity index is 233. The lowest BCUT2D eigenvalue weighted by atomic mass is 10.1. The molecule has 0 radical (unpaired) electrons. The number of hydrogen-bond acceptors (Lipinski definition) is 2. The normalized spacial score (nSPS) is 22.4. The average Bonchev–Trinajstić information content (AvgIpc) is 2.50. The molecule has 74 valence electrons. The molecule has 0 aromatic carbocycles. The van der Waals surface area contributed by atoms with Crippen molar-refractivity contribution < 1.29 is 18.4 Å². The van der Waals surface area contributed by atoms with Gasteiger partial charge in [0, 0.05) is 13.1 Å². The van der Waals surface area contributed by atoms with E-state index in [1.54, 1.807) is 0 Å². The Balaban J connectivity index is 2.50. The highest BCUT2D eigenvalue weighted by Crippen LogP contribution is 2.17. The van der Waals surface area contributed by atoms with Crippen LogP contribution in [0.2, 0.25) is 0 Å². The van der Waals surface area contributed by atoms with Gasteiger partial charge in [0.05, 0.1) is 5.92 Å². The summed E-state index contributed by atoms with van der Waals surface area (Å²) in [5.41, 5.74) is 4.97. The Morgan fingerprint density at radius 2 is 2.08 bits per heavy atom. The number of carbonyl (C=O) groups excluding carboxylic acids is 2. The number of carbonyl (C=O) groups is 2. The van der Waals surface area contributed by atoms with Crippen LogP contribution in [0.25, 0.3) is 0 Å². The van der Waals surface area contributed by atoms with E-state index in [4.69, 9.17) is 5.73 Å². The Morgan fingerprint density at radius 3 is 2.46 bits per heavy atom. The van der Waals surface area contributed by atoms with E-state index >= 15 is 0 Å². The van der Waals surface area contributed by atoms with E-state index in [1.165, 1.54) is 0 Å². The molecule has 1 rings (SSSR count). The van der Waals surface area contributed by atoms with E-state index in [-0.39, 0.29) is 13.1 Å². The van der Waals surface area contributed by atoms with E-state index in [0.717, 1.165) is 4.90 Å². The molecule has 1 saturated heterocycles. The molecular formula is C7H10F2N2O2.